The molecule has 0 radical (unpaired) electrons. The first-order valence-electron chi connectivity index (χ1n) is 22.7. The SMILES string of the molecule is CCCCCC(CC)/C(CNC1/C=C\CCC/C=C\CC1)=C1\CCCCC1C(C)C1=CCC(C2C=CC(C3C=C4C=CCCC4CC3)CC2)CC1. The van der Waals surface area contributed by atoms with E-state index in [2.05, 4.69) is 86.8 Å². The van der Waals surface area contributed by atoms with Crippen molar-refractivity contribution in [2.24, 2.45) is 47.3 Å². The van der Waals surface area contributed by atoms with E-state index in [1.807, 2.05) is 16.7 Å². The van der Waals surface area contributed by atoms with E-state index in [1.165, 1.54) is 148 Å². The van der Waals surface area contributed by atoms with Crippen molar-refractivity contribution in [3.63, 3.8) is 0 Å². The molecule has 1 fully saturated rings. The molecular formula is C50H77N. The Hall–Kier alpha value is -1.86. The fourth-order valence-corrected chi connectivity index (χ4v) is 11.3. The van der Waals surface area contributed by atoms with Gasteiger partial charge >= 0.3 is 0 Å². The molecule has 1 nitrogen and oxygen atoms in total. The zero-order chi connectivity index (χ0) is 35.3. The minimum Gasteiger partial charge on any atom is -0.307 e. The van der Waals surface area contributed by atoms with Gasteiger partial charge in [0, 0.05) is 12.6 Å². The molecular weight excluding hydrogens is 615 g/mol. The van der Waals surface area contributed by atoms with Crippen LogP contribution in [0.4, 0.5) is 0 Å². The summed E-state index contributed by atoms with van der Waals surface area (Å²) in [5.41, 5.74) is 7.21. The predicted octanol–water partition coefficient (Wildman–Crippen LogP) is 14.4. The lowest BCUT2D eigenvalue weighted by atomic mass is 9.66. The van der Waals surface area contributed by atoms with Gasteiger partial charge in [-0.05, 0) is 175 Å². The summed E-state index contributed by atoms with van der Waals surface area (Å²) in [6.07, 6.45) is 56.4. The van der Waals surface area contributed by atoms with Gasteiger partial charge < -0.3 is 5.32 Å². The molecule has 0 aromatic rings. The normalized spacial score (nSPS) is 35.2. The predicted molar refractivity (Wildman–Crippen MR) is 223 cm³/mol. The van der Waals surface area contributed by atoms with E-state index in [0.717, 1.165) is 48.0 Å². The molecule has 1 heteroatoms. The number of fused-ring (bicyclic) bond motifs is 1. The molecule has 9 atom stereocenters. The monoisotopic (exact) mass is 692 g/mol. The van der Waals surface area contributed by atoms with Crippen molar-refractivity contribution in [1.29, 1.82) is 0 Å². The average Bonchev–Trinajstić information content (AvgIpc) is 3.19. The molecule has 0 aromatic heterocycles. The Labute approximate surface area is 315 Å². The summed E-state index contributed by atoms with van der Waals surface area (Å²) in [6, 6.07) is 0.499. The van der Waals surface area contributed by atoms with Gasteiger partial charge in [0.05, 0.1) is 0 Å². The molecule has 1 saturated carbocycles. The highest BCUT2D eigenvalue weighted by Crippen LogP contribution is 2.47. The quantitative estimate of drug-likeness (QED) is 0.150. The Kier molecular flexibility index (Phi) is 15.7. The van der Waals surface area contributed by atoms with Crippen molar-refractivity contribution in [3.8, 4) is 0 Å². The van der Waals surface area contributed by atoms with Crippen molar-refractivity contribution < 1.29 is 0 Å². The molecule has 6 rings (SSSR count). The van der Waals surface area contributed by atoms with Crippen LogP contribution in [0.15, 0.2) is 83.1 Å². The number of hydrogen-bond acceptors (Lipinski definition) is 1. The molecule has 6 aliphatic carbocycles. The van der Waals surface area contributed by atoms with Gasteiger partial charge in [-0.2, -0.15) is 0 Å². The van der Waals surface area contributed by atoms with E-state index in [9.17, 15) is 0 Å². The van der Waals surface area contributed by atoms with E-state index in [1.54, 1.807) is 5.57 Å². The van der Waals surface area contributed by atoms with Crippen LogP contribution in [0, 0.1) is 47.3 Å². The maximum absolute atomic E-state index is 4.15. The van der Waals surface area contributed by atoms with Crippen molar-refractivity contribution in [3.05, 3.63) is 83.1 Å². The zero-order valence-corrected chi connectivity index (χ0v) is 33.4. The minimum atomic E-state index is 0.499. The van der Waals surface area contributed by atoms with Crippen LogP contribution in [-0.4, -0.2) is 12.6 Å². The van der Waals surface area contributed by atoms with Crippen molar-refractivity contribution in [2.45, 2.75) is 174 Å². The topological polar surface area (TPSA) is 12.0 Å². The summed E-state index contributed by atoms with van der Waals surface area (Å²) in [6.45, 7) is 8.58. The first-order valence-corrected chi connectivity index (χ1v) is 22.7. The second-order valence-electron chi connectivity index (χ2n) is 17.9. The van der Waals surface area contributed by atoms with Crippen LogP contribution in [0.5, 0.6) is 0 Å². The van der Waals surface area contributed by atoms with E-state index in [4.69, 9.17) is 0 Å². The van der Waals surface area contributed by atoms with Crippen LogP contribution < -0.4 is 5.32 Å². The Balaban J connectivity index is 1.12. The highest BCUT2D eigenvalue weighted by atomic mass is 14.9. The fraction of sp³-hybridized carbons (Fsp3) is 0.720. The van der Waals surface area contributed by atoms with E-state index in [0.29, 0.717) is 12.0 Å². The van der Waals surface area contributed by atoms with Gasteiger partial charge in [0.15, 0.2) is 0 Å². The highest BCUT2D eigenvalue weighted by molar-refractivity contribution is 5.29. The maximum Gasteiger partial charge on any atom is 0.0256 e. The van der Waals surface area contributed by atoms with Crippen molar-refractivity contribution in [2.75, 3.05) is 6.54 Å². The smallest absolute Gasteiger partial charge is 0.0256 e. The summed E-state index contributed by atoms with van der Waals surface area (Å²) >= 11 is 0. The zero-order valence-electron chi connectivity index (χ0n) is 33.4. The van der Waals surface area contributed by atoms with E-state index in [-0.39, 0.29) is 0 Å². The Bertz CT molecular complexity index is 1280. The molecule has 0 saturated heterocycles. The summed E-state index contributed by atoms with van der Waals surface area (Å²) in [7, 11) is 0. The van der Waals surface area contributed by atoms with Gasteiger partial charge in [-0.3, -0.25) is 0 Å². The molecule has 0 aromatic carbocycles. The maximum atomic E-state index is 4.15. The summed E-state index contributed by atoms with van der Waals surface area (Å²) in [5, 5.41) is 4.15. The van der Waals surface area contributed by atoms with Crippen LogP contribution in [-0.2, 0) is 0 Å². The molecule has 0 heterocycles. The molecule has 9 unspecified atom stereocenters. The van der Waals surface area contributed by atoms with Crippen LogP contribution in [0.3, 0.4) is 0 Å². The largest absolute Gasteiger partial charge is 0.307 e. The molecule has 6 aliphatic rings. The molecule has 1 N–H and O–H groups in total. The van der Waals surface area contributed by atoms with Gasteiger partial charge in [0.2, 0.25) is 0 Å². The molecule has 0 bridgehead atoms. The number of nitrogens with one attached hydrogen (secondary N) is 1. The lowest BCUT2D eigenvalue weighted by Gasteiger charge is -2.39. The molecule has 0 amide bonds. The van der Waals surface area contributed by atoms with Gasteiger partial charge in [0.25, 0.3) is 0 Å². The summed E-state index contributed by atoms with van der Waals surface area (Å²) < 4.78 is 0. The first kappa shape index (κ1) is 38.9. The van der Waals surface area contributed by atoms with Crippen LogP contribution in [0.25, 0.3) is 0 Å². The lowest BCUT2D eigenvalue weighted by Crippen LogP contribution is -2.33. The number of unbranched alkanes of at least 4 members (excludes halogenated alkanes) is 2. The van der Waals surface area contributed by atoms with E-state index < -0.39 is 0 Å². The van der Waals surface area contributed by atoms with Crippen LogP contribution >= 0.6 is 0 Å². The fourth-order valence-electron chi connectivity index (χ4n) is 11.3. The molecule has 0 aliphatic heterocycles. The van der Waals surface area contributed by atoms with Crippen LogP contribution in [0.1, 0.15) is 168 Å². The van der Waals surface area contributed by atoms with Crippen molar-refractivity contribution in [1.82, 2.24) is 5.32 Å². The minimum absolute atomic E-state index is 0.499. The summed E-state index contributed by atoms with van der Waals surface area (Å²) in [5.74, 6) is 6.28. The second-order valence-corrected chi connectivity index (χ2v) is 17.9. The highest BCUT2D eigenvalue weighted by Gasteiger charge is 2.34. The van der Waals surface area contributed by atoms with Gasteiger partial charge in [-0.1, -0.05) is 124 Å². The Morgan fingerprint density at radius 3 is 2.39 bits per heavy atom. The standard InChI is InChI=1S/C50H77N/c1-4-6-12-19-39(5-2)50(37-51-47-22-13-10-8-7-9-11-14-23-47)49-25-18-17-24-48(49)38(3)40-26-28-42(29-27-40)43-30-32-44(33-31-43)46-35-34-41-20-15-16-21-45(41)36-46/h8,10,14,16,21,23,26,30,32,36,38-39,41-44,46-48,51H,4-7,9,11-13,15,17-20,22,24-25,27-29,31,33-35,37H2,1-3H3/b10-8-,23-14-,50-49+. The number of hydrogen-bond donors (Lipinski definition) is 1. The Morgan fingerprint density at radius 2 is 1.57 bits per heavy atom. The summed E-state index contributed by atoms with van der Waals surface area (Å²) in [4.78, 5) is 0. The first-order chi connectivity index (χ1) is 25.1. The van der Waals surface area contributed by atoms with Crippen molar-refractivity contribution >= 4 is 0 Å². The number of allylic oxidation sites excluding steroid dienone is 12. The van der Waals surface area contributed by atoms with Gasteiger partial charge in [-0.15, -0.1) is 0 Å². The van der Waals surface area contributed by atoms with E-state index >= 15 is 0 Å². The molecule has 51 heavy (non-hydrogen) atoms. The average molecular weight is 692 g/mol. The molecule has 282 valence electrons. The van der Waals surface area contributed by atoms with Gasteiger partial charge in [-0.25, -0.2) is 0 Å². The third-order valence-corrected chi connectivity index (χ3v) is 14.7. The third-order valence-electron chi connectivity index (χ3n) is 14.7. The van der Waals surface area contributed by atoms with Gasteiger partial charge in [0.1, 0.15) is 0 Å². The lowest BCUT2D eigenvalue weighted by molar-refractivity contribution is 0.267. The third kappa shape index (κ3) is 10.9. The van der Waals surface area contributed by atoms with Crippen LogP contribution in [0.2, 0.25) is 0 Å². The second kappa shape index (κ2) is 20.6. The molecule has 0 spiro atoms. The number of rotatable bonds is 13. The Morgan fingerprint density at radius 1 is 0.745 bits per heavy atom.